The molecule has 1 aromatic carbocycles. The summed E-state index contributed by atoms with van der Waals surface area (Å²) in [5.74, 6) is 1.05. The smallest absolute Gasteiger partial charge is 0.254 e. The first kappa shape index (κ1) is 30.0. The van der Waals surface area contributed by atoms with Gasteiger partial charge in [0.1, 0.15) is 17.0 Å². The number of fused-ring (bicyclic) bond motifs is 2. The van der Waals surface area contributed by atoms with Crippen LogP contribution in [0, 0.1) is 12.8 Å². The summed E-state index contributed by atoms with van der Waals surface area (Å²) in [5.41, 5.74) is 12.5. The fraction of sp³-hybridized carbons (Fsp3) is 0.389. The number of ether oxygens (including phenoxy) is 1. The maximum Gasteiger partial charge on any atom is 0.254 e. The highest BCUT2D eigenvalue weighted by atomic mass is 16.5. The van der Waals surface area contributed by atoms with Gasteiger partial charge in [0.25, 0.3) is 11.8 Å². The number of rotatable bonds is 8. The third-order valence-electron chi connectivity index (χ3n) is 9.61. The molecule has 1 aliphatic carbocycles. The van der Waals surface area contributed by atoms with Crippen LogP contribution in [0.2, 0.25) is 0 Å². The Kier molecular flexibility index (Phi) is 7.76. The van der Waals surface area contributed by atoms with Crippen LogP contribution in [0.4, 0.5) is 0 Å². The van der Waals surface area contributed by atoms with Crippen molar-refractivity contribution in [2.24, 2.45) is 11.7 Å². The van der Waals surface area contributed by atoms with E-state index in [9.17, 15) is 9.59 Å². The van der Waals surface area contributed by atoms with Gasteiger partial charge in [-0.15, -0.1) is 0 Å². The molecule has 238 valence electrons. The second-order valence-corrected chi connectivity index (χ2v) is 12.9. The number of hydrogen-bond donors (Lipinski definition) is 1. The second-order valence-electron chi connectivity index (χ2n) is 12.9. The number of piperidine rings is 1. The van der Waals surface area contributed by atoms with Crippen LogP contribution in [-0.2, 0) is 6.54 Å². The molecular weight excluding hydrogens is 578 g/mol. The maximum atomic E-state index is 13.5. The third kappa shape index (κ3) is 5.40. The molecule has 7 rings (SSSR count). The van der Waals surface area contributed by atoms with Crippen LogP contribution in [-0.4, -0.2) is 73.8 Å². The van der Waals surface area contributed by atoms with Gasteiger partial charge in [-0.2, -0.15) is 0 Å². The fourth-order valence-corrected chi connectivity index (χ4v) is 6.64. The van der Waals surface area contributed by atoms with Crippen LogP contribution in [0.5, 0.6) is 5.88 Å². The van der Waals surface area contributed by atoms with Crippen LogP contribution in [0.3, 0.4) is 0 Å². The molecule has 5 aromatic rings. The molecule has 0 radical (unpaired) electrons. The molecule has 0 unspecified atom stereocenters. The molecule has 2 fully saturated rings. The van der Waals surface area contributed by atoms with Crippen molar-refractivity contribution in [3.8, 4) is 17.3 Å². The van der Waals surface area contributed by atoms with E-state index in [0.717, 1.165) is 53.2 Å². The summed E-state index contributed by atoms with van der Waals surface area (Å²) in [6, 6.07) is 19.0. The molecule has 0 bridgehead atoms. The number of carbonyl (C=O) groups is 2. The molecule has 2 atom stereocenters. The molecule has 1 saturated carbocycles. The van der Waals surface area contributed by atoms with E-state index < -0.39 is 0 Å². The number of pyridine rings is 2. The van der Waals surface area contributed by atoms with Gasteiger partial charge in [0.2, 0.25) is 0 Å². The lowest BCUT2D eigenvalue weighted by atomic mass is 10.1. The molecule has 2 N–H and O–H groups in total. The van der Waals surface area contributed by atoms with Gasteiger partial charge in [-0.25, -0.2) is 9.97 Å². The standard InChI is InChI=1S/C36H41N7O3/c1-22(40(3)35(44)25-9-6-5-7-10-25)29-15-14-26-17-30(42(34(26)38-29)20-24-12-13-24)33-23(2)43-31(39-33)18-27(19-32(43)46-4)36(45)41-16-8-11-28(37)21-41/h5-7,9-10,14-15,17-19,22,24,28H,8,11-13,16,20-21,37H2,1-4H3/t22-,28-/m1/s1. The Balaban J connectivity index is 1.28. The van der Waals surface area contributed by atoms with E-state index in [1.807, 2.05) is 72.7 Å². The van der Waals surface area contributed by atoms with Crippen LogP contribution in [0.15, 0.2) is 60.7 Å². The van der Waals surface area contributed by atoms with Crippen molar-refractivity contribution < 1.29 is 14.3 Å². The average Bonchev–Trinajstić information content (AvgIpc) is 3.75. The lowest BCUT2D eigenvalue weighted by Gasteiger charge is -2.30. The van der Waals surface area contributed by atoms with Crippen molar-refractivity contribution in [1.82, 2.24) is 28.7 Å². The molecule has 10 nitrogen and oxygen atoms in total. The second kappa shape index (κ2) is 11.9. The number of carbonyl (C=O) groups excluding carboxylic acids is 2. The van der Waals surface area contributed by atoms with Crippen LogP contribution in [0.1, 0.15) is 70.8 Å². The van der Waals surface area contributed by atoms with Crippen molar-refractivity contribution in [2.45, 2.75) is 58.2 Å². The minimum atomic E-state index is -0.226. The minimum Gasteiger partial charge on any atom is -0.482 e. The first-order valence-corrected chi connectivity index (χ1v) is 16.2. The number of hydrogen-bond acceptors (Lipinski definition) is 6. The van der Waals surface area contributed by atoms with Crippen LogP contribution < -0.4 is 10.5 Å². The van der Waals surface area contributed by atoms with Gasteiger partial charge in [-0.1, -0.05) is 18.2 Å². The highest BCUT2D eigenvalue weighted by molar-refractivity contribution is 5.96. The van der Waals surface area contributed by atoms with Gasteiger partial charge in [0.15, 0.2) is 5.88 Å². The summed E-state index contributed by atoms with van der Waals surface area (Å²) in [7, 11) is 3.45. The maximum absolute atomic E-state index is 13.5. The number of benzene rings is 1. The fourth-order valence-electron chi connectivity index (χ4n) is 6.64. The van der Waals surface area contributed by atoms with E-state index in [-0.39, 0.29) is 23.9 Å². The van der Waals surface area contributed by atoms with Crippen LogP contribution in [0.25, 0.3) is 28.1 Å². The summed E-state index contributed by atoms with van der Waals surface area (Å²) in [6.45, 7) is 6.14. The Labute approximate surface area is 268 Å². The number of nitrogens with two attached hydrogens (primary N) is 1. The van der Waals surface area contributed by atoms with E-state index in [4.69, 9.17) is 20.4 Å². The Bertz CT molecular complexity index is 1940. The van der Waals surface area contributed by atoms with Crippen molar-refractivity contribution in [1.29, 1.82) is 0 Å². The van der Waals surface area contributed by atoms with Crippen LogP contribution >= 0.6 is 0 Å². The van der Waals surface area contributed by atoms with E-state index in [1.54, 1.807) is 18.1 Å². The zero-order valence-corrected chi connectivity index (χ0v) is 26.9. The molecule has 46 heavy (non-hydrogen) atoms. The molecule has 2 aliphatic rings. The number of amides is 2. The average molecular weight is 620 g/mol. The Morgan fingerprint density at radius 1 is 1.04 bits per heavy atom. The van der Waals surface area contributed by atoms with E-state index in [0.29, 0.717) is 41.7 Å². The molecule has 4 aromatic heterocycles. The SMILES string of the molecule is COc1cc(C(=O)N2CCC[C@@H](N)C2)cc2nc(-c3cc4ccc([C@@H](C)N(C)C(=O)c5ccccc5)nc4n3CC3CC3)c(C)n12. The monoisotopic (exact) mass is 619 g/mol. The Morgan fingerprint density at radius 2 is 1.83 bits per heavy atom. The predicted octanol–water partition coefficient (Wildman–Crippen LogP) is 5.47. The molecule has 1 saturated heterocycles. The van der Waals surface area contributed by atoms with Gasteiger partial charge in [0.05, 0.1) is 30.2 Å². The number of imidazole rings is 1. The largest absolute Gasteiger partial charge is 0.482 e. The molecule has 1 aliphatic heterocycles. The zero-order chi connectivity index (χ0) is 32.1. The summed E-state index contributed by atoms with van der Waals surface area (Å²) in [5, 5.41) is 1.02. The molecule has 10 heteroatoms. The number of nitrogens with zero attached hydrogens (tertiary/aromatic N) is 6. The Morgan fingerprint density at radius 3 is 2.54 bits per heavy atom. The molecule has 5 heterocycles. The third-order valence-corrected chi connectivity index (χ3v) is 9.61. The Hall–Kier alpha value is -4.70. The molecule has 2 amide bonds. The van der Waals surface area contributed by atoms with Crippen molar-refractivity contribution >= 4 is 28.5 Å². The van der Waals surface area contributed by atoms with E-state index in [2.05, 4.69) is 16.7 Å². The highest BCUT2D eigenvalue weighted by Crippen LogP contribution is 2.37. The number of aryl methyl sites for hydroxylation is 1. The minimum absolute atomic E-state index is 0.00107. The van der Waals surface area contributed by atoms with Gasteiger partial charge in [0, 0.05) is 55.3 Å². The van der Waals surface area contributed by atoms with Crippen molar-refractivity contribution in [3.63, 3.8) is 0 Å². The summed E-state index contributed by atoms with van der Waals surface area (Å²) in [4.78, 5) is 40.6. The highest BCUT2D eigenvalue weighted by Gasteiger charge is 2.29. The first-order valence-electron chi connectivity index (χ1n) is 16.2. The predicted molar refractivity (Wildman–Crippen MR) is 178 cm³/mol. The number of likely N-dealkylation sites (tertiary alicyclic amines) is 1. The summed E-state index contributed by atoms with van der Waals surface area (Å²) < 4.78 is 10.1. The van der Waals surface area contributed by atoms with E-state index >= 15 is 0 Å². The summed E-state index contributed by atoms with van der Waals surface area (Å²) in [6.07, 6.45) is 4.21. The zero-order valence-electron chi connectivity index (χ0n) is 26.9. The lowest BCUT2D eigenvalue weighted by molar-refractivity contribution is 0.0707. The van der Waals surface area contributed by atoms with Gasteiger partial charge in [-0.05, 0) is 81.8 Å². The normalized spacial score (nSPS) is 17.4. The van der Waals surface area contributed by atoms with Crippen molar-refractivity contribution in [2.75, 3.05) is 27.2 Å². The topological polar surface area (TPSA) is 111 Å². The van der Waals surface area contributed by atoms with Gasteiger partial charge >= 0.3 is 0 Å². The quantitative estimate of drug-likeness (QED) is 0.247. The summed E-state index contributed by atoms with van der Waals surface area (Å²) >= 11 is 0. The van der Waals surface area contributed by atoms with Gasteiger partial charge < -0.3 is 24.8 Å². The van der Waals surface area contributed by atoms with E-state index in [1.165, 1.54) is 12.8 Å². The number of aromatic nitrogens is 4. The number of methoxy groups -OCH3 is 1. The van der Waals surface area contributed by atoms with Crippen molar-refractivity contribution in [3.05, 3.63) is 83.2 Å². The molecule has 0 spiro atoms. The van der Waals surface area contributed by atoms with Gasteiger partial charge in [-0.3, -0.25) is 14.0 Å². The lowest BCUT2D eigenvalue weighted by Crippen LogP contribution is -2.45. The molecular formula is C36H41N7O3. The first-order chi connectivity index (χ1) is 22.2.